The van der Waals surface area contributed by atoms with Gasteiger partial charge in [0.15, 0.2) is 5.96 Å². The summed E-state index contributed by atoms with van der Waals surface area (Å²) in [6, 6.07) is 0. The first-order chi connectivity index (χ1) is 13.8. The minimum absolute atomic E-state index is 0. The number of aromatic nitrogens is 2. The molecular formula is C18H32F3IN6O3. The van der Waals surface area contributed by atoms with Gasteiger partial charge in [0.2, 0.25) is 5.60 Å². The highest BCUT2D eigenvalue weighted by Crippen LogP contribution is 2.40. The Hall–Kier alpha value is -1.77. The van der Waals surface area contributed by atoms with Crippen LogP contribution in [0.4, 0.5) is 18.0 Å². The molecule has 0 bridgehead atoms. The number of aryl methyl sites for hydroxylation is 1. The van der Waals surface area contributed by atoms with Crippen LogP contribution in [0.3, 0.4) is 0 Å². The van der Waals surface area contributed by atoms with E-state index in [-0.39, 0.29) is 49.6 Å². The van der Waals surface area contributed by atoms with Crippen LogP contribution in [-0.2, 0) is 17.4 Å². The van der Waals surface area contributed by atoms with Crippen LogP contribution in [0.25, 0.3) is 0 Å². The maximum atomic E-state index is 13.5. The monoisotopic (exact) mass is 564 g/mol. The number of carbonyl (C=O) groups excluding carboxylic acids is 1. The zero-order chi connectivity index (χ0) is 23.0. The lowest BCUT2D eigenvalue weighted by atomic mass is 9.98. The molecule has 0 fully saturated rings. The van der Waals surface area contributed by atoms with Crippen molar-refractivity contribution in [2.45, 2.75) is 51.5 Å². The molecule has 0 aliphatic heterocycles. The number of nitrogens with one attached hydrogen (secondary N) is 3. The molecule has 1 aromatic heterocycles. The van der Waals surface area contributed by atoms with Gasteiger partial charge in [-0.15, -0.1) is 24.0 Å². The van der Waals surface area contributed by atoms with Crippen molar-refractivity contribution in [3.05, 3.63) is 18.2 Å². The third-order valence-electron chi connectivity index (χ3n) is 3.83. The number of alkyl carbamates (subject to hydrolysis) is 1. The molecule has 1 rings (SSSR count). The molecule has 0 spiro atoms. The molecule has 1 unspecified atom stereocenters. The summed E-state index contributed by atoms with van der Waals surface area (Å²) >= 11 is 0. The largest absolute Gasteiger partial charge is 0.444 e. The van der Waals surface area contributed by atoms with Gasteiger partial charge in [0, 0.05) is 52.0 Å². The Morgan fingerprint density at radius 1 is 1.23 bits per heavy atom. The molecular weight excluding hydrogens is 532 g/mol. The number of ether oxygens (including phenoxy) is 1. The standard InChI is InChI=1S/C18H31F3N6O3.HI/c1-6-22-14(25-9-10-26-15(28)30-16(2,3)4)24-8-7-17(29,18(19,20)21)13-23-11-12-27(13)5;/h11-12,29H,6-10H2,1-5H3,(H,26,28)(H2,22,24,25);1H. The molecule has 1 heterocycles. The molecule has 180 valence electrons. The fraction of sp³-hybridized carbons (Fsp3) is 0.722. The number of guanidine groups is 1. The van der Waals surface area contributed by atoms with E-state index in [9.17, 15) is 23.1 Å². The van der Waals surface area contributed by atoms with Gasteiger partial charge in [-0.2, -0.15) is 13.2 Å². The van der Waals surface area contributed by atoms with Crippen molar-refractivity contribution in [2.24, 2.45) is 12.0 Å². The molecule has 0 saturated heterocycles. The van der Waals surface area contributed by atoms with Crippen molar-refractivity contribution in [3.8, 4) is 0 Å². The van der Waals surface area contributed by atoms with Gasteiger partial charge >= 0.3 is 12.3 Å². The van der Waals surface area contributed by atoms with Gasteiger partial charge in [-0.1, -0.05) is 0 Å². The van der Waals surface area contributed by atoms with E-state index in [0.29, 0.717) is 6.54 Å². The molecule has 0 saturated carbocycles. The molecule has 9 nitrogen and oxygen atoms in total. The first-order valence-electron chi connectivity index (χ1n) is 9.56. The third-order valence-corrected chi connectivity index (χ3v) is 3.83. The van der Waals surface area contributed by atoms with E-state index < -0.39 is 35.7 Å². The Morgan fingerprint density at radius 2 is 1.84 bits per heavy atom. The van der Waals surface area contributed by atoms with Gasteiger partial charge in [-0.05, 0) is 27.7 Å². The lowest BCUT2D eigenvalue weighted by Crippen LogP contribution is -2.45. The van der Waals surface area contributed by atoms with E-state index in [1.807, 2.05) is 0 Å². The normalized spacial score (nSPS) is 14.3. The number of amides is 1. The molecule has 1 atom stereocenters. The van der Waals surface area contributed by atoms with Gasteiger partial charge < -0.3 is 30.4 Å². The van der Waals surface area contributed by atoms with E-state index in [2.05, 4.69) is 25.9 Å². The van der Waals surface area contributed by atoms with Crippen LogP contribution >= 0.6 is 24.0 Å². The second-order valence-electron chi connectivity index (χ2n) is 7.59. The predicted molar refractivity (Wildman–Crippen MR) is 121 cm³/mol. The van der Waals surface area contributed by atoms with Crippen LogP contribution in [0.15, 0.2) is 17.4 Å². The molecule has 31 heavy (non-hydrogen) atoms. The summed E-state index contributed by atoms with van der Waals surface area (Å²) in [5.74, 6) is -0.238. The van der Waals surface area contributed by atoms with Gasteiger partial charge in [0.05, 0.1) is 0 Å². The van der Waals surface area contributed by atoms with Crippen LogP contribution in [0, 0.1) is 0 Å². The number of nitrogens with zero attached hydrogens (tertiary/aromatic N) is 3. The minimum Gasteiger partial charge on any atom is -0.444 e. The maximum Gasteiger partial charge on any atom is 0.424 e. The van der Waals surface area contributed by atoms with E-state index in [4.69, 9.17) is 4.74 Å². The van der Waals surface area contributed by atoms with Crippen LogP contribution in [-0.4, -0.2) is 64.7 Å². The van der Waals surface area contributed by atoms with Crippen molar-refractivity contribution < 1.29 is 27.8 Å². The number of rotatable bonds is 8. The Labute approximate surface area is 197 Å². The summed E-state index contributed by atoms with van der Waals surface area (Å²) in [4.78, 5) is 19.3. The number of alkyl halides is 3. The Kier molecular flexibility index (Phi) is 11.6. The molecule has 0 aliphatic carbocycles. The Balaban J connectivity index is 0.00000900. The topological polar surface area (TPSA) is 113 Å². The molecule has 0 aliphatic rings. The minimum atomic E-state index is -4.91. The fourth-order valence-corrected chi connectivity index (χ4v) is 2.48. The second-order valence-corrected chi connectivity index (χ2v) is 7.59. The number of aliphatic hydroxyl groups is 1. The van der Waals surface area contributed by atoms with E-state index in [1.54, 1.807) is 27.7 Å². The van der Waals surface area contributed by atoms with E-state index in [1.165, 1.54) is 19.4 Å². The molecule has 4 N–H and O–H groups in total. The van der Waals surface area contributed by atoms with Crippen LogP contribution in [0.2, 0.25) is 0 Å². The molecule has 1 aromatic rings. The van der Waals surface area contributed by atoms with Crippen LogP contribution in [0.5, 0.6) is 0 Å². The van der Waals surface area contributed by atoms with Crippen molar-refractivity contribution >= 4 is 36.0 Å². The van der Waals surface area contributed by atoms with Gasteiger partial charge in [0.25, 0.3) is 0 Å². The van der Waals surface area contributed by atoms with Crippen molar-refractivity contribution in [1.29, 1.82) is 0 Å². The number of imidazole rings is 1. The van der Waals surface area contributed by atoms with E-state index >= 15 is 0 Å². The zero-order valence-electron chi connectivity index (χ0n) is 18.3. The first-order valence-corrected chi connectivity index (χ1v) is 9.56. The SMILES string of the molecule is CCNC(=NCCC(O)(c1nccn1C)C(F)(F)F)NCCNC(=O)OC(C)(C)C.I. The van der Waals surface area contributed by atoms with Crippen molar-refractivity contribution in [3.63, 3.8) is 0 Å². The summed E-state index contributed by atoms with van der Waals surface area (Å²) in [5, 5.41) is 18.7. The van der Waals surface area contributed by atoms with Crippen molar-refractivity contribution in [2.75, 3.05) is 26.2 Å². The number of hydrogen-bond acceptors (Lipinski definition) is 5. The maximum absolute atomic E-state index is 13.5. The molecule has 13 heteroatoms. The number of aliphatic imine (C=N–C) groups is 1. The summed E-state index contributed by atoms with van der Waals surface area (Å²) < 4.78 is 46.8. The Bertz CT molecular complexity index is 721. The predicted octanol–water partition coefficient (Wildman–Crippen LogP) is 2.26. The smallest absolute Gasteiger partial charge is 0.424 e. The highest BCUT2D eigenvalue weighted by atomic mass is 127. The van der Waals surface area contributed by atoms with Crippen LogP contribution in [0.1, 0.15) is 39.9 Å². The fourth-order valence-electron chi connectivity index (χ4n) is 2.48. The third kappa shape index (κ3) is 9.49. The average Bonchev–Trinajstić information content (AvgIpc) is 3.02. The average molecular weight is 564 g/mol. The number of halogens is 4. The molecule has 0 aromatic carbocycles. The first kappa shape index (κ1) is 29.2. The number of hydrogen-bond donors (Lipinski definition) is 4. The summed E-state index contributed by atoms with van der Waals surface area (Å²) in [5.41, 5.74) is -3.74. The number of carbonyl (C=O) groups is 1. The lowest BCUT2D eigenvalue weighted by Gasteiger charge is -2.29. The molecule has 1 amide bonds. The van der Waals surface area contributed by atoms with Gasteiger partial charge in [-0.25, -0.2) is 9.78 Å². The summed E-state index contributed by atoms with van der Waals surface area (Å²) in [6.45, 7) is 7.70. The quantitative estimate of drug-likeness (QED) is 0.167. The van der Waals surface area contributed by atoms with Gasteiger partial charge in [-0.3, -0.25) is 4.99 Å². The zero-order valence-corrected chi connectivity index (χ0v) is 20.7. The summed E-state index contributed by atoms with van der Waals surface area (Å²) in [6.07, 6.45) is -3.66. The highest BCUT2D eigenvalue weighted by Gasteiger charge is 2.57. The van der Waals surface area contributed by atoms with E-state index in [0.717, 1.165) is 4.57 Å². The van der Waals surface area contributed by atoms with Crippen LogP contribution < -0.4 is 16.0 Å². The summed E-state index contributed by atoms with van der Waals surface area (Å²) in [7, 11) is 1.38. The second kappa shape index (κ2) is 12.3. The van der Waals surface area contributed by atoms with Gasteiger partial charge in [0.1, 0.15) is 11.4 Å². The Morgan fingerprint density at radius 3 is 2.32 bits per heavy atom. The highest BCUT2D eigenvalue weighted by molar-refractivity contribution is 14.0. The van der Waals surface area contributed by atoms with Crippen molar-refractivity contribution in [1.82, 2.24) is 25.5 Å². The molecule has 0 radical (unpaired) electrons. The lowest BCUT2D eigenvalue weighted by molar-refractivity contribution is -0.272.